The molecule has 0 amide bonds. The largest absolute Gasteiger partial charge is 0.383 e. The van der Waals surface area contributed by atoms with Crippen molar-refractivity contribution in [3.8, 4) is 0 Å². The highest BCUT2D eigenvalue weighted by Crippen LogP contribution is 2.19. The van der Waals surface area contributed by atoms with E-state index in [2.05, 4.69) is 46.8 Å². The maximum Gasteiger partial charge on any atom is 0.0589 e. The van der Waals surface area contributed by atoms with Gasteiger partial charge in [0.2, 0.25) is 0 Å². The molecule has 24 heavy (non-hydrogen) atoms. The average Bonchev–Trinajstić information content (AvgIpc) is 2.60. The highest BCUT2D eigenvalue weighted by Gasteiger charge is 2.21. The van der Waals surface area contributed by atoms with E-state index in [1.54, 1.807) is 7.11 Å². The van der Waals surface area contributed by atoms with Gasteiger partial charge in [-0.25, -0.2) is 0 Å². The fourth-order valence-corrected chi connectivity index (χ4v) is 3.24. The van der Waals surface area contributed by atoms with E-state index in [4.69, 9.17) is 4.74 Å². The standard InChI is InChI=1S/C20H33N3O/c1-18(2)6-11-23(16-19-4-9-21-10-5-19)17-20-7-12-22(13-8-20)14-15-24-3/h4-6,9-10,20H,7-8,11-17H2,1-3H3. The summed E-state index contributed by atoms with van der Waals surface area (Å²) >= 11 is 0. The lowest BCUT2D eigenvalue weighted by atomic mass is 9.96. The molecule has 134 valence electrons. The number of rotatable bonds is 9. The van der Waals surface area contributed by atoms with Crippen LogP contribution in [0.3, 0.4) is 0 Å². The molecular weight excluding hydrogens is 298 g/mol. The Kier molecular flexibility index (Phi) is 8.43. The van der Waals surface area contributed by atoms with Crippen molar-refractivity contribution in [3.63, 3.8) is 0 Å². The van der Waals surface area contributed by atoms with Gasteiger partial charge >= 0.3 is 0 Å². The zero-order chi connectivity index (χ0) is 17.2. The zero-order valence-corrected chi connectivity index (χ0v) is 15.6. The van der Waals surface area contributed by atoms with Crippen LogP contribution in [0, 0.1) is 5.92 Å². The van der Waals surface area contributed by atoms with Crippen LogP contribution in [0.1, 0.15) is 32.3 Å². The first-order valence-electron chi connectivity index (χ1n) is 9.13. The molecule has 1 aromatic rings. The number of allylic oxidation sites excluding steroid dienone is 1. The van der Waals surface area contributed by atoms with Crippen LogP contribution in [-0.2, 0) is 11.3 Å². The number of aromatic nitrogens is 1. The van der Waals surface area contributed by atoms with Crippen molar-refractivity contribution >= 4 is 0 Å². The number of piperidine rings is 1. The Morgan fingerprint density at radius 1 is 1.29 bits per heavy atom. The molecular formula is C20H33N3O. The van der Waals surface area contributed by atoms with Gasteiger partial charge in [0.05, 0.1) is 6.61 Å². The van der Waals surface area contributed by atoms with E-state index in [-0.39, 0.29) is 0 Å². The van der Waals surface area contributed by atoms with Crippen LogP contribution < -0.4 is 0 Å². The van der Waals surface area contributed by atoms with E-state index in [1.807, 2.05) is 12.4 Å². The van der Waals surface area contributed by atoms with Gasteiger partial charge in [-0.15, -0.1) is 0 Å². The number of nitrogens with zero attached hydrogens (tertiary/aromatic N) is 3. The molecule has 4 heteroatoms. The van der Waals surface area contributed by atoms with Crippen LogP contribution in [0.15, 0.2) is 36.2 Å². The van der Waals surface area contributed by atoms with Gasteiger partial charge in [0.15, 0.2) is 0 Å². The summed E-state index contributed by atoms with van der Waals surface area (Å²) < 4.78 is 5.20. The van der Waals surface area contributed by atoms with E-state index >= 15 is 0 Å². The molecule has 1 aliphatic heterocycles. The van der Waals surface area contributed by atoms with Crippen molar-refractivity contribution in [2.45, 2.75) is 33.2 Å². The lowest BCUT2D eigenvalue weighted by Crippen LogP contribution is -2.40. The first-order valence-corrected chi connectivity index (χ1v) is 9.13. The molecule has 1 aliphatic rings. The monoisotopic (exact) mass is 331 g/mol. The Bertz CT molecular complexity index is 477. The van der Waals surface area contributed by atoms with Gasteiger partial charge in [0.25, 0.3) is 0 Å². The topological polar surface area (TPSA) is 28.6 Å². The molecule has 1 saturated heterocycles. The van der Waals surface area contributed by atoms with Gasteiger partial charge in [-0.05, 0) is 63.4 Å². The molecule has 0 bridgehead atoms. The van der Waals surface area contributed by atoms with E-state index in [0.717, 1.165) is 32.2 Å². The lowest BCUT2D eigenvalue weighted by Gasteiger charge is -2.34. The fraction of sp³-hybridized carbons (Fsp3) is 0.650. The second kappa shape index (κ2) is 10.6. The van der Waals surface area contributed by atoms with Crippen LogP contribution in [0.2, 0.25) is 0 Å². The summed E-state index contributed by atoms with van der Waals surface area (Å²) in [5.41, 5.74) is 2.74. The highest BCUT2D eigenvalue weighted by molar-refractivity contribution is 5.10. The van der Waals surface area contributed by atoms with Gasteiger partial charge < -0.3 is 9.64 Å². The molecule has 1 aromatic heterocycles. The third kappa shape index (κ3) is 7.12. The van der Waals surface area contributed by atoms with Crippen LogP contribution in [0.25, 0.3) is 0 Å². The summed E-state index contributed by atoms with van der Waals surface area (Å²) in [6.45, 7) is 11.9. The summed E-state index contributed by atoms with van der Waals surface area (Å²) in [7, 11) is 1.78. The number of pyridine rings is 1. The Labute approximate surface area is 147 Å². The van der Waals surface area contributed by atoms with E-state index in [9.17, 15) is 0 Å². The zero-order valence-electron chi connectivity index (χ0n) is 15.6. The van der Waals surface area contributed by atoms with Crippen LogP contribution >= 0.6 is 0 Å². The van der Waals surface area contributed by atoms with Gasteiger partial charge in [0, 0.05) is 45.7 Å². The molecule has 0 unspecified atom stereocenters. The first-order chi connectivity index (χ1) is 11.7. The second-order valence-electron chi connectivity index (χ2n) is 7.11. The number of hydrogen-bond acceptors (Lipinski definition) is 4. The van der Waals surface area contributed by atoms with Gasteiger partial charge in [-0.2, -0.15) is 0 Å². The summed E-state index contributed by atoms with van der Waals surface area (Å²) in [6.07, 6.45) is 8.72. The summed E-state index contributed by atoms with van der Waals surface area (Å²) in [5.74, 6) is 0.802. The Morgan fingerprint density at radius 3 is 2.62 bits per heavy atom. The van der Waals surface area contributed by atoms with Gasteiger partial charge in [-0.3, -0.25) is 9.88 Å². The van der Waals surface area contributed by atoms with Crippen molar-refractivity contribution in [1.82, 2.24) is 14.8 Å². The Balaban J connectivity index is 1.85. The molecule has 1 fully saturated rings. The molecule has 0 aromatic carbocycles. The molecule has 0 aliphatic carbocycles. The van der Waals surface area contributed by atoms with Crippen molar-refractivity contribution in [3.05, 3.63) is 41.7 Å². The minimum atomic E-state index is 0.802. The van der Waals surface area contributed by atoms with Crippen molar-refractivity contribution in [1.29, 1.82) is 0 Å². The molecule has 0 spiro atoms. The van der Waals surface area contributed by atoms with E-state index < -0.39 is 0 Å². The molecule has 4 nitrogen and oxygen atoms in total. The molecule has 0 saturated carbocycles. The SMILES string of the molecule is COCCN1CCC(CN(CC=C(C)C)Cc2ccncc2)CC1. The van der Waals surface area contributed by atoms with E-state index in [0.29, 0.717) is 0 Å². The fourth-order valence-electron chi connectivity index (χ4n) is 3.24. The van der Waals surface area contributed by atoms with Crippen LogP contribution in [0.4, 0.5) is 0 Å². The minimum Gasteiger partial charge on any atom is -0.383 e. The molecule has 0 N–H and O–H groups in total. The normalized spacial score (nSPS) is 16.5. The summed E-state index contributed by atoms with van der Waals surface area (Å²) in [4.78, 5) is 9.24. The van der Waals surface area contributed by atoms with Gasteiger partial charge in [0.1, 0.15) is 0 Å². The summed E-state index contributed by atoms with van der Waals surface area (Å²) in [6, 6.07) is 4.26. The van der Waals surface area contributed by atoms with E-state index in [1.165, 1.54) is 43.6 Å². The van der Waals surface area contributed by atoms with Crippen molar-refractivity contribution in [2.75, 3.05) is 46.4 Å². The first kappa shape index (κ1) is 19.1. The molecule has 0 atom stereocenters. The van der Waals surface area contributed by atoms with Crippen LogP contribution in [-0.4, -0.2) is 61.2 Å². The third-order valence-electron chi connectivity index (χ3n) is 4.75. The Hall–Kier alpha value is -1.23. The smallest absolute Gasteiger partial charge is 0.0589 e. The average molecular weight is 332 g/mol. The predicted molar refractivity (Wildman–Crippen MR) is 100.0 cm³/mol. The molecule has 2 rings (SSSR count). The summed E-state index contributed by atoms with van der Waals surface area (Å²) in [5, 5.41) is 0. The molecule has 0 radical (unpaired) electrons. The number of ether oxygens (including phenoxy) is 1. The van der Waals surface area contributed by atoms with Gasteiger partial charge in [-0.1, -0.05) is 11.6 Å². The quantitative estimate of drug-likeness (QED) is 0.650. The lowest BCUT2D eigenvalue weighted by molar-refractivity contribution is 0.107. The predicted octanol–water partition coefficient (Wildman–Crippen LogP) is 3.21. The number of likely N-dealkylation sites (tertiary alicyclic amines) is 1. The van der Waals surface area contributed by atoms with Crippen molar-refractivity contribution < 1.29 is 4.74 Å². The van der Waals surface area contributed by atoms with Crippen molar-refractivity contribution in [2.24, 2.45) is 5.92 Å². The second-order valence-corrected chi connectivity index (χ2v) is 7.11. The minimum absolute atomic E-state index is 0.802. The maximum atomic E-state index is 5.20. The number of methoxy groups -OCH3 is 1. The highest BCUT2D eigenvalue weighted by atomic mass is 16.5. The van der Waals surface area contributed by atoms with Crippen LogP contribution in [0.5, 0.6) is 0 Å². The molecule has 2 heterocycles. The maximum absolute atomic E-state index is 5.20. The third-order valence-corrected chi connectivity index (χ3v) is 4.75. The Morgan fingerprint density at radius 2 is 2.00 bits per heavy atom. The number of hydrogen-bond donors (Lipinski definition) is 0.